The molecule has 0 bridgehead atoms. The first-order valence-corrected chi connectivity index (χ1v) is 10.9. The summed E-state index contributed by atoms with van der Waals surface area (Å²) in [4.78, 5) is 36.7. The second kappa shape index (κ2) is 10.7. The van der Waals surface area contributed by atoms with Crippen LogP contribution in [-0.2, 0) is 9.53 Å². The lowest BCUT2D eigenvalue weighted by Crippen LogP contribution is -2.21. The Bertz CT molecular complexity index is 1170. The number of methoxy groups -OCH3 is 1. The Morgan fingerprint density at radius 3 is 2.42 bits per heavy atom. The van der Waals surface area contributed by atoms with Crippen LogP contribution in [0.1, 0.15) is 34.6 Å². The van der Waals surface area contributed by atoms with E-state index >= 15 is 0 Å². The van der Waals surface area contributed by atoms with E-state index in [1.807, 2.05) is 0 Å². The van der Waals surface area contributed by atoms with E-state index < -0.39 is 17.7 Å². The van der Waals surface area contributed by atoms with Gasteiger partial charge >= 0.3 is 5.97 Å². The lowest BCUT2D eigenvalue weighted by atomic mass is 10.0. The molecule has 9 heteroatoms. The van der Waals surface area contributed by atoms with Gasteiger partial charge in [-0.1, -0.05) is 12.1 Å². The van der Waals surface area contributed by atoms with E-state index in [4.69, 9.17) is 14.2 Å². The summed E-state index contributed by atoms with van der Waals surface area (Å²) in [6.07, 6.45) is 0. The van der Waals surface area contributed by atoms with Crippen molar-refractivity contribution < 1.29 is 33.0 Å². The van der Waals surface area contributed by atoms with Crippen LogP contribution in [0.5, 0.6) is 11.5 Å². The number of benzene rings is 2. The lowest BCUT2D eigenvalue weighted by Gasteiger charge is -2.12. The molecular formula is C24H22FNO6S. The van der Waals surface area contributed by atoms with Crippen LogP contribution >= 0.6 is 11.3 Å². The first-order valence-electron chi connectivity index (χ1n) is 10.00. The van der Waals surface area contributed by atoms with E-state index in [1.165, 1.54) is 32.2 Å². The number of Topliss-reactive ketones (excluding diaryl/α,β-unsaturated/α-hetero) is 1. The first-order chi connectivity index (χ1) is 15.8. The van der Waals surface area contributed by atoms with E-state index in [-0.39, 0.29) is 24.6 Å². The highest BCUT2D eigenvalue weighted by atomic mass is 32.1. The third-order valence-corrected chi connectivity index (χ3v) is 5.50. The summed E-state index contributed by atoms with van der Waals surface area (Å²) in [5.41, 5.74) is 1.78. The van der Waals surface area contributed by atoms with Crippen LogP contribution in [-0.4, -0.2) is 38.0 Å². The van der Waals surface area contributed by atoms with E-state index in [0.29, 0.717) is 33.2 Å². The number of carbonyl (C=O) groups excluding carboxylic acids is 3. The van der Waals surface area contributed by atoms with Crippen molar-refractivity contribution in [3.8, 4) is 22.6 Å². The molecule has 0 aliphatic heterocycles. The van der Waals surface area contributed by atoms with Crippen molar-refractivity contribution in [3.63, 3.8) is 0 Å². The molecule has 7 nitrogen and oxygen atoms in total. The highest BCUT2D eigenvalue weighted by Gasteiger charge is 2.23. The summed E-state index contributed by atoms with van der Waals surface area (Å²) in [7, 11) is 1.43. The van der Waals surface area contributed by atoms with Gasteiger partial charge in [-0.3, -0.25) is 9.59 Å². The van der Waals surface area contributed by atoms with Gasteiger partial charge in [0.2, 0.25) is 0 Å². The molecule has 0 radical (unpaired) electrons. The number of nitrogens with one attached hydrogen (secondary N) is 1. The number of halogens is 1. The van der Waals surface area contributed by atoms with Gasteiger partial charge in [-0.05, 0) is 49.7 Å². The maximum atomic E-state index is 13.3. The number of amides is 1. The zero-order chi connectivity index (χ0) is 24.0. The van der Waals surface area contributed by atoms with Gasteiger partial charge < -0.3 is 19.5 Å². The van der Waals surface area contributed by atoms with E-state index in [9.17, 15) is 18.8 Å². The molecule has 33 heavy (non-hydrogen) atoms. The fraction of sp³-hybridized carbons (Fsp3) is 0.208. The minimum absolute atomic E-state index is 0.126. The van der Waals surface area contributed by atoms with Gasteiger partial charge in [-0.15, -0.1) is 11.3 Å². The van der Waals surface area contributed by atoms with Gasteiger partial charge in [0.25, 0.3) is 5.91 Å². The number of thiophene rings is 1. The maximum absolute atomic E-state index is 13.3. The fourth-order valence-corrected chi connectivity index (χ4v) is 3.98. The Morgan fingerprint density at radius 2 is 1.79 bits per heavy atom. The number of rotatable bonds is 9. The predicted molar refractivity (Wildman–Crippen MR) is 123 cm³/mol. The van der Waals surface area contributed by atoms with Gasteiger partial charge in [0.1, 0.15) is 16.4 Å². The normalized spacial score (nSPS) is 10.4. The van der Waals surface area contributed by atoms with Gasteiger partial charge in [0, 0.05) is 16.5 Å². The van der Waals surface area contributed by atoms with Crippen molar-refractivity contribution in [2.24, 2.45) is 0 Å². The number of anilines is 1. The molecule has 0 aliphatic rings. The Morgan fingerprint density at radius 1 is 1.06 bits per heavy atom. The quantitative estimate of drug-likeness (QED) is 0.350. The van der Waals surface area contributed by atoms with Crippen molar-refractivity contribution in [2.75, 3.05) is 25.6 Å². The predicted octanol–water partition coefficient (Wildman–Crippen LogP) is 4.96. The molecule has 3 aromatic rings. The molecule has 0 atom stereocenters. The number of esters is 1. The highest BCUT2D eigenvalue weighted by Crippen LogP contribution is 2.36. The summed E-state index contributed by atoms with van der Waals surface area (Å²) >= 11 is 1.15. The van der Waals surface area contributed by atoms with Crippen LogP contribution in [0.15, 0.2) is 47.8 Å². The zero-order valence-electron chi connectivity index (χ0n) is 18.3. The molecule has 1 heterocycles. The van der Waals surface area contributed by atoms with Crippen molar-refractivity contribution in [2.45, 2.75) is 13.8 Å². The molecule has 0 aliphatic carbocycles. The van der Waals surface area contributed by atoms with E-state index in [2.05, 4.69) is 5.32 Å². The average molecular weight is 472 g/mol. The topological polar surface area (TPSA) is 90.9 Å². The van der Waals surface area contributed by atoms with Crippen LogP contribution in [0.4, 0.5) is 9.39 Å². The van der Waals surface area contributed by atoms with Crippen LogP contribution in [0, 0.1) is 5.82 Å². The van der Waals surface area contributed by atoms with Gasteiger partial charge in [0.15, 0.2) is 23.9 Å². The molecular weight excluding hydrogens is 449 g/mol. The second-order valence-corrected chi connectivity index (χ2v) is 7.72. The molecule has 1 N–H and O–H groups in total. The van der Waals surface area contributed by atoms with Crippen molar-refractivity contribution in [1.29, 1.82) is 0 Å². The number of carbonyl (C=O) groups is 3. The number of ketones is 1. The maximum Gasteiger partial charge on any atom is 0.341 e. The van der Waals surface area contributed by atoms with Gasteiger partial charge in [-0.2, -0.15) is 0 Å². The lowest BCUT2D eigenvalue weighted by molar-refractivity contribution is -0.118. The summed E-state index contributed by atoms with van der Waals surface area (Å²) in [6.45, 7) is 2.91. The largest absolute Gasteiger partial charge is 0.493 e. The molecule has 2 aromatic carbocycles. The molecule has 0 saturated heterocycles. The summed E-state index contributed by atoms with van der Waals surface area (Å²) < 4.78 is 29.2. The van der Waals surface area contributed by atoms with Crippen molar-refractivity contribution in [1.82, 2.24) is 0 Å². The molecule has 1 aromatic heterocycles. The van der Waals surface area contributed by atoms with Crippen LogP contribution in [0.25, 0.3) is 11.1 Å². The third kappa shape index (κ3) is 5.75. The van der Waals surface area contributed by atoms with Crippen LogP contribution < -0.4 is 14.8 Å². The molecule has 3 rings (SSSR count). The van der Waals surface area contributed by atoms with Crippen molar-refractivity contribution in [3.05, 3.63) is 64.8 Å². The molecule has 1 amide bonds. The molecule has 0 spiro atoms. The number of ether oxygens (including phenoxy) is 3. The summed E-state index contributed by atoms with van der Waals surface area (Å²) in [6, 6.07) is 10.3. The molecule has 0 unspecified atom stereocenters. The fourth-order valence-electron chi connectivity index (χ4n) is 3.01. The van der Waals surface area contributed by atoms with Crippen molar-refractivity contribution >= 4 is 34.0 Å². The van der Waals surface area contributed by atoms with Gasteiger partial charge in [0.05, 0.1) is 13.7 Å². The molecule has 0 fully saturated rings. The standard InChI is InChI=1S/C24H22FNO6S/c1-4-31-24(29)22-18(15-5-8-17(25)9-6-15)13-33-23(22)26-21(28)12-32-19-10-7-16(14(2)27)11-20(19)30-3/h5-11,13H,4,12H2,1-3H3,(H,26,28). The van der Waals surface area contributed by atoms with Crippen LogP contribution in [0.3, 0.4) is 0 Å². The second-order valence-electron chi connectivity index (χ2n) is 6.84. The van der Waals surface area contributed by atoms with E-state index in [1.54, 1.807) is 36.6 Å². The monoisotopic (exact) mass is 471 g/mol. The average Bonchev–Trinajstić information content (AvgIpc) is 3.21. The third-order valence-electron chi connectivity index (χ3n) is 4.61. The minimum atomic E-state index is -0.601. The zero-order valence-corrected chi connectivity index (χ0v) is 19.1. The summed E-state index contributed by atoms with van der Waals surface area (Å²) in [5.74, 6) is -1.02. The smallest absolute Gasteiger partial charge is 0.341 e. The minimum Gasteiger partial charge on any atom is -0.493 e. The Labute approximate surface area is 194 Å². The first kappa shape index (κ1) is 23.9. The number of hydrogen-bond donors (Lipinski definition) is 1. The number of hydrogen-bond acceptors (Lipinski definition) is 7. The van der Waals surface area contributed by atoms with Gasteiger partial charge in [-0.25, -0.2) is 9.18 Å². The van der Waals surface area contributed by atoms with E-state index in [0.717, 1.165) is 11.3 Å². The Kier molecular flexibility index (Phi) is 7.78. The highest BCUT2D eigenvalue weighted by molar-refractivity contribution is 7.15. The molecule has 0 saturated carbocycles. The Hall–Kier alpha value is -3.72. The SMILES string of the molecule is CCOC(=O)c1c(-c2ccc(F)cc2)csc1NC(=O)COc1ccc(C(C)=O)cc1OC. The summed E-state index contributed by atoms with van der Waals surface area (Å²) in [5, 5.41) is 4.66. The Balaban J connectivity index is 1.79. The molecule has 172 valence electrons. The van der Waals surface area contributed by atoms with Crippen LogP contribution in [0.2, 0.25) is 0 Å².